The molecule has 1 aliphatic rings. The number of carbonyl (C=O) groups excluding carboxylic acids is 1. The van der Waals surface area contributed by atoms with Crippen LogP contribution in [0.25, 0.3) is 0 Å². The lowest BCUT2D eigenvalue weighted by molar-refractivity contribution is 0.0939. The van der Waals surface area contributed by atoms with Gasteiger partial charge in [-0.3, -0.25) is 9.52 Å². The van der Waals surface area contributed by atoms with Crippen molar-refractivity contribution in [2.45, 2.75) is 50.5 Å². The molecule has 0 bridgehead atoms. The normalized spacial score (nSPS) is 15.3. The van der Waals surface area contributed by atoms with Crippen LogP contribution in [0.4, 0.5) is 5.69 Å². The van der Waals surface area contributed by atoms with Crippen LogP contribution in [-0.2, 0) is 10.0 Å². The molecule has 0 unspecified atom stereocenters. The smallest absolute Gasteiger partial charge is 0.263 e. The number of carbonyl (C=O) groups is 1. The zero-order valence-corrected chi connectivity index (χ0v) is 16.0. The second-order valence-electron chi connectivity index (χ2n) is 6.38. The molecule has 134 valence electrons. The van der Waals surface area contributed by atoms with E-state index in [1.165, 1.54) is 11.3 Å². The van der Waals surface area contributed by atoms with Gasteiger partial charge in [-0.05, 0) is 44.9 Å². The molecular weight excluding hydrogens is 356 g/mol. The molecular formula is C18H22N2O3S2. The number of anilines is 1. The molecule has 1 saturated carbocycles. The molecule has 7 heteroatoms. The molecule has 3 rings (SSSR count). The summed E-state index contributed by atoms with van der Waals surface area (Å²) in [5.41, 5.74) is 0.656. The number of para-hydroxylation sites is 1. The Morgan fingerprint density at radius 1 is 1.16 bits per heavy atom. The van der Waals surface area contributed by atoms with Crippen LogP contribution >= 0.6 is 11.3 Å². The van der Waals surface area contributed by atoms with E-state index in [4.69, 9.17) is 0 Å². The number of sulfonamides is 1. The fourth-order valence-corrected chi connectivity index (χ4v) is 5.81. The van der Waals surface area contributed by atoms with Gasteiger partial charge in [0.05, 0.1) is 11.3 Å². The van der Waals surface area contributed by atoms with Crippen molar-refractivity contribution in [3.05, 3.63) is 45.6 Å². The number of aryl methyl sites for hydroxylation is 2. The lowest BCUT2D eigenvalue weighted by atomic mass is 10.1. The third kappa shape index (κ3) is 4.04. The first-order valence-corrected chi connectivity index (χ1v) is 10.7. The van der Waals surface area contributed by atoms with E-state index in [-0.39, 0.29) is 16.8 Å². The summed E-state index contributed by atoms with van der Waals surface area (Å²) in [7, 11) is -3.73. The Balaban J connectivity index is 1.85. The molecule has 0 aliphatic heterocycles. The molecule has 25 heavy (non-hydrogen) atoms. The van der Waals surface area contributed by atoms with Gasteiger partial charge in [0.15, 0.2) is 0 Å². The molecule has 0 spiro atoms. The van der Waals surface area contributed by atoms with Crippen LogP contribution in [0.2, 0.25) is 0 Å². The second kappa shape index (κ2) is 7.17. The minimum atomic E-state index is -3.73. The van der Waals surface area contributed by atoms with Gasteiger partial charge in [-0.25, -0.2) is 8.42 Å². The number of amides is 1. The maximum Gasteiger partial charge on any atom is 0.263 e. The van der Waals surface area contributed by atoms with Crippen LogP contribution in [0.1, 0.15) is 45.8 Å². The van der Waals surface area contributed by atoms with Crippen LogP contribution in [0.5, 0.6) is 0 Å². The van der Waals surface area contributed by atoms with Gasteiger partial charge in [0.1, 0.15) is 4.90 Å². The third-order valence-corrected chi connectivity index (χ3v) is 6.98. The number of rotatable bonds is 5. The molecule has 0 radical (unpaired) electrons. The number of hydrogen-bond donors (Lipinski definition) is 2. The average molecular weight is 379 g/mol. The summed E-state index contributed by atoms with van der Waals surface area (Å²) in [6.07, 6.45) is 4.20. The largest absolute Gasteiger partial charge is 0.349 e. The monoisotopic (exact) mass is 378 g/mol. The quantitative estimate of drug-likeness (QED) is 0.830. The fraction of sp³-hybridized carbons (Fsp3) is 0.389. The van der Waals surface area contributed by atoms with Gasteiger partial charge >= 0.3 is 0 Å². The van der Waals surface area contributed by atoms with E-state index in [9.17, 15) is 13.2 Å². The van der Waals surface area contributed by atoms with E-state index < -0.39 is 10.0 Å². The average Bonchev–Trinajstić information content (AvgIpc) is 3.17. The molecule has 1 amide bonds. The van der Waals surface area contributed by atoms with Gasteiger partial charge in [-0.1, -0.05) is 25.0 Å². The summed E-state index contributed by atoms with van der Waals surface area (Å²) in [6, 6.07) is 8.56. The predicted molar refractivity (Wildman–Crippen MR) is 101 cm³/mol. The maximum absolute atomic E-state index is 12.7. The Labute approximate surface area is 152 Å². The first kappa shape index (κ1) is 17.9. The van der Waals surface area contributed by atoms with E-state index in [2.05, 4.69) is 10.0 Å². The van der Waals surface area contributed by atoms with Gasteiger partial charge in [0.2, 0.25) is 0 Å². The zero-order valence-electron chi connectivity index (χ0n) is 14.3. The summed E-state index contributed by atoms with van der Waals surface area (Å²) >= 11 is 1.44. The topological polar surface area (TPSA) is 75.3 Å². The number of benzene rings is 1. The van der Waals surface area contributed by atoms with Gasteiger partial charge in [-0.15, -0.1) is 11.3 Å². The van der Waals surface area contributed by atoms with E-state index >= 15 is 0 Å². The molecule has 1 fully saturated rings. The Kier molecular flexibility index (Phi) is 5.15. The van der Waals surface area contributed by atoms with Crippen LogP contribution in [0.3, 0.4) is 0 Å². The molecule has 1 heterocycles. The summed E-state index contributed by atoms with van der Waals surface area (Å²) in [4.78, 5) is 14.5. The first-order valence-electron chi connectivity index (χ1n) is 8.36. The first-order chi connectivity index (χ1) is 11.9. The number of thiophene rings is 1. The van der Waals surface area contributed by atoms with Gasteiger partial charge in [-0.2, -0.15) is 0 Å². The highest BCUT2D eigenvalue weighted by Gasteiger charge is 2.23. The van der Waals surface area contributed by atoms with E-state index in [1.807, 2.05) is 6.92 Å². The van der Waals surface area contributed by atoms with E-state index in [0.29, 0.717) is 11.3 Å². The predicted octanol–water partition coefficient (Wildman–Crippen LogP) is 3.84. The molecule has 1 aromatic carbocycles. The Hall–Kier alpha value is -1.86. The molecule has 0 saturated heterocycles. The highest BCUT2D eigenvalue weighted by molar-refractivity contribution is 7.93. The van der Waals surface area contributed by atoms with Crippen LogP contribution in [0.15, 0.2) is 35.2 Å². The summed E-state index contributed by atoms with van der Waals surface area (Å²) in [6.45, 7) is 3.66. The molecule has 1 aliphatic carbocycles. The van der Waals surface area contributed by atoms with Crippen molar-refractivity contribution in [1.29, 1.82) is 0 Å². The van der Waals surface area contributed by atoms with Crippen molar-refractivity contribution in [2.75, 3.05) is 4.72 Å². The molecule has 5 nitrogen and oxygen atoms in total. The molecule has 1 aromatic heterocycles. The van der Waals surface area contributed by atoms with Gasteiger partial charge in [0, 0.05) is 15.8 Å². The minimum absolute atomic E-state index is 0.180. The van der Waals surface area contributed by atoms with Crippen molar-refractivity contribution < 1.29 is 13.2 Å². The van der Waals surface area contributed by atoms with Crippen LogP contribution in [-0.4, -0.2) is 20.4 Å². The van der Waals surface area contributed by atoms with Crippen molar-refractivity contribution in [3.8, 4) is 0 Å². The third-order valence-electron chi connectivity index (χ3n) is 4.39. The molecule has 0 atom stereocenters. The fourth-order valence-electron chi connectivity index (χ4n) is 3.18. The maximum atomic E-state index is 12.7. The zero-order chi connectivity index (χ0) is 18.0. The van der Waals surface area contributed by atoms with Gasteiger partial charge in [0.25, 0.3) is 15.9 Å². The summed E-state index contributed by atoms with van der Waals surface area (Å²) < 4.78 is 28.0. The summed E-state index contributed by atoms with van der Waals surface area (Å²) in [5, 5.41) is 3.00. The second-order valence-corrected chi connectivity index (χ2v) is 9.49. The summed E-state index contributed by atoms with van der Waals surface area (Å²) in [5.74, 6) is -0.233. The lowest BCUT2D eigenvalue weighted by Crippen LogP contribution is -2.33. The van der Waals surface area contributed by atoms with Crippen LogP contribution < -0.4 is 10.0 Å². The van der Waals surface area contributed by atoms with Crippen molar-refractivity contribution in [3.63, 3.8) is 0 Å². The van der Waals surface area contributed by atoms with E-state index in [1.54, 1.807) is 37.3 Å². The van der Waals surface area contributed by atoms with E-state index in [0.717, 1.165) is 35.4 Å². The Bertz CT molecular complexity index is 881. The van der Waals surface area contributed by atoms with Crippen LogP contribution in [0, 0.1) is 13.8 Å². The Morgan fingerprint density at radius 3 is 2.48 bits per heavy atom. The van der Waals surface area contributed by atoms with Crippen molar-refractivity contribution >= 4 is 33.0 Å². The van der Waals surface area contributed by atoms with Crippen molar-refractivity contribution in [2.24, 2.45) is 0 Å². The number of nitrogens with one attached hydrogen (secondary N) is 2. The minimum Gasteiger partial charge on any atom is -0.349 e. The highest BCUT2D eigenvalue weighted by atomic mass is 32.2. The SMILES string of the molecule is Cc1cc(S(=O)(=O)Nc2ccccc2C(=O)NC2CCCC2)c(C)s1. The number of hydrogen-bond acceptors (Lipinski definition) is 4. The van der Waals surface area contributed by atoms with Crippen molar-refractivity contribution in [1.82, 2.24) is 5.32 Å². The Morgan fingerprint density at radius 2 is 1.84 bits per heavy atom. The highest BCUT2D eigenvalue weighted by Crippen LogP contribution is 2.28. The van der Waals surface area contributed by atoms with Gasteiger partial charge < -0.3 is 5.32 Å². The molecule has 2 aromatic rings. The molecule has 2 N–H and O–H groups in total. The standard InChI is InChI=1S/C18H22N2O3S2/c1-12-11-17(13(2)24-12)25(22,23)20-16-10-6-5-9-15(16)18(21)19-14-7-3-4-8-14/h5-6,9-11,14,20H,3-4,7-8H2,1-2H3,(H,19,21). The lowest BCUT2D eigenvalue weighted by Gasteiger charge is -2.15.